The van der Waals surface area contributed by atoms with Gasteiger partial charge in [0.15, 0.2) is 5.65 Å². The SMILES string of the molecule is CC(C)n1ncc2cc(CN3CCC(c4nnc5n4CCNC5)CC3)cnc21.Cl. The average Bonchev–Trinajstić information content (AvgIpc) is 3.32. The van der Waals surface area contributed by atoms with Gasteiger partial charge in [0, 0.05) is 43.2 Å². The zero-order valence-electron chi connectivity index (χ0n) is 17.1. The molecule has 0 saturated carbocycles. The molecular weight excluding hydrogens is 388 g/mol. The lowest BCUT2D eigenvalue weighted by Crippen LogP contribution is -2.34. The van der Waals surface area contributed by atoms with Gasteiger partial charge >= 0.3 is 0 Å². The van der Waals surface area contributed by atoms with Gasteiger partial charge in [0.25, 0.3) is 0 Å². The van der Waals surface area contributed by atoms with E-state index in [0.29, 0.717) is 12.0 Å². The molecule has 0 aliphatic carbocycles. The fourth-order valence-electron chi connectivity index (χ4n) is 4.47. The summed E-state index contributed by atoms with van der Waals surface area (Å²) >= 11 is 0. The number of aromatic nitrogens is 6. The minimum absolute atomic E-state index is 0. The third kappa shape index (κ3) is 3.89. The van der Waals surface area contributed by atoms with Gasteiger partial charge in [0.2, 0.25) is 0 Å². The van der Waals surface area contributed by atoms with Gasteiger partial charge in [-0.3, -0.25) is 4.90 Å². The Balaban J connectivity index is 0.00000205. The normalized spacial score (nSPS) is 18.2. The second kappa shape index (κ2) is 8.38. The van der Waals surface area contributed by atoms with Crippen molar-refractivity contribution in [2.24, 2.45) is 0 Å². The molecule has 0 amide bonds. The zero-order valence-corrected chi connectivity index (χ0v) is 17.9. The van der Waals surface area contributed by atoms with E-state index >= 15 is 0 Å². The Bertz CT molecular complexity index is 970. The summed E-state index contributed by atoms with van der Waals surface area (Å²) in [7, 11) is 0. The number of likely N-dealkylation sites (tertiary alicyclic amines) is 1. The van der Waals surface area contributed by atoms with Crippen molar-refractivity contribution in [1.82, 2.24) is 39.7 Å². The molecule has 2 aliphatic rings. The van der Waals surface area contributed by atoms with Crippen molar-refractivity contribution >= 4 is 23.4 Å². The number of pyridine rings is 1. The van der Waals surface area contributed by atoms with Crippen LogP contribution >= 0.6 is 12.4 Å². The van der Waals surface area contributed by atoms with Crippen LogP contribution in [-0.2, 0) is 19.6 Å². The Hall–Kier alpha value is -2.03. The van der Waals surface area contributed by atoms with Gasteiger partial charge in [-0.1, -0.05) is 0 Å². The van der Waals surface area contributed by atoms with E-state index < -0.39 is 0 Å². The Kier molecular flexibility index (Phi) is 5.85. The predicted molar refractivity (Wildman–Crippen MR) is 114 cm³/mol. The van der Waals surface area contributed by atoms with E-state index in [-0.39, 0.29) is 12.4 Å². The Morgan fingerprint density at radius 3 is 2.76 bits per heavy atom. The molecule has 3 aromatic rings. The highest BCUT2D eigenvalue weighted by Gasteiger charge is 2.27. The van der Waals surface area contributed by atoms with Crippen molar-refractivity contribution in [2.75, 3.05) is 19.6 Å². The molecule has 0 radical (unpaired) electrons. The third-order valence-electron chi connectivity index (χ3n) is 5.99. The fraction of sp³-hybridized carbons (Fsp3) is 0.600. The zero-order chi connectivity index (χ0) is 19.1. The van der Waals surface area contributed by atoms with Gasteiger partial charge in [-0.05, 0) is 51.4 Å². The number of halogens is 1. The van der Waals surface area contributed by atoms with E-state index in [1.54, 1.807) is 0 Å². The van der Waals surface area contributed by atoms with Crippen molar-refractivity contribution in [3.63, 3.8) is 0 Å². The molecule has 0 unspecified atom stereocenters. The first-order chi connectivity index (χ1) is 13.7. The summed E-state index contributed by atoms with van der Waals surface area (Å²) in [5, 5.41) is 17.9. The second-order valence-electron chi connectivity index (χ2n) is 8.29. The van der Waals surface area contributed by atoms with E-state index in [2.05, 4.69) is 55.0 Å². The molecule has 8 nitrogen and oxygen atoms in total. The summed E-state index contributed by atoms with van der Waals surface area (Å²) in [5.74, 6) is 2.81. The van der Waals surface area contributed by atoms with Gasteiger partial charge in [-0.25, -0.2) is 9.67 Å². The van der Waals surface area contributed by atoms with E-state index in [1.165, 1.54) is 11.4 Å². The molecule has 1 N–H and O–H groups in total. The molecule has 0 aromatic carbocycles. The van der Waals surface area contributed by atoms with Crippen molar-refractivity contribution < 1.29 is 0 Å². The highest BCUT2D eigenvalue weighted by atomic mass is 35.5. The number of piperidine rings is 1. The van der Waals surface area contributed by atoms with Gasteiger partial charge in [0.05, 0.1) is 12.7 Å². The maximum Gasteiger partial charge on any atom is 0.157 e. The van der Waals surface area contributed by atoms with E-state index in [0.717, 1.165) is 69.0 Å². The lowest BCUT2D eigenvalue weighted by atomic mass is 9.95. The summed E-state index contributed by atoms with van der Waals surface area (Å²) in [5.41, 5.74) is 2.24. The van der Waals surface area contributed by atoms with Gasteiger partial charge < -0.3 is 9.88 Å². The van der Waals surface area contributed by atoms with Crippen LogP contribution in [0, 0.1) is 0 Å². The number of nitrogens with zero attached hydrogens (tertiary/aromatic N) is 7. The second-order valence-corrected chi connectivity index (χ2v) is 8.29. The summed E-state index contributed by atoms with van der Waals surface area (Å²) in [6.45, 7) is 10.2. The first-order valence-electron chi connectivity index (χ1n) is 10.4. The van der Waals surface area contributed by atoms with Crippen LogP contribution in [0.4, 0.5) is 0 Å². The van der Waals surface area contributed by atoms with Gasteiger partial charge in [-0.15, -0.1) is 22.6 Å². The van der Waals surface area contributed by atoms with Crippen molar-refractivity contribution in [1.29, 1.82) is 0 Å². The first-order valence-corrected chi connectivity index (χ1v) is 10.4. The topological polar surface area (TPSA) is 76.7 Å². The molecule has 9 heteroatoms. The van der Waals surface area contributed by atoms with Crippen molar-refractivity contribution in [3.8, 4) is 0 Å². The maximum absolute atomic E-state index is 4.68. The summed E-state index contributed by atoms with van der Waals surface area (Å²) in [4.78, 5) is 7.21. The largest absolute Gasteiger partial charge is 0.312 e. The fourth-order valence-corrected chi connectivity index (χ4v) is 4.47. The molecule has 0 bridgehead atoms. The number of hydrogen-bond acceptors (Lipinski definition) is 6. The smallest absolute Gasteiger partial charge is 0.157 e. The molecule has 5 heterocycles. The number of rotatable bonds is 4. The number of nitrogens with one attached hydrogen (secondary N) is 1. The lowest BCUT2D eigenvalue weighted by Gasteiger charge is -2.32. The molecule has 1 saturated heterocycles. The standard InChI is InChI=1S/C20H28N8.ClH/c1-14(2)28-19-17(11-23-28)9-15(10-22-19)13-26-6-3-16(4-7-26)20-25-24-18-12-21-5-8-27(18)20;/h9-11,14,16,21H,3-8,12-13H2,1-2H3;1H. The highest BCUT2D eigenvalue weighted by molar-refractivity contribution is 5.85. The molecular formula is C20H29ClN8. The van der Waals surface area contributed by atoms with E-state index in [9.17, 15) is 0 Å². The van der Waals surface area contributed by atoms with Crippen LogP contribution in [0.25, 0.3) is 11.0 Å². The minimum Gasteiger partial charge on any atom is -0.312 e. The van der Waals surface area contributed by atoms with Crippen LogP contribution in [0.5, 0.6) is 0 Å². The van der Waals surface area contributed by atoms with Crippen LogP contribution in [-0.4, -0.2) is 54.1 Å². The summed E-state index contributed by atoms with van der Waals surface area (Å²) in [6, 6.07) is 2.57. The maximum atomic E-state index is 4.68. The third-order valence-corrected chi connectivity index (χ3v) is 5.99. The number of fused-ring (bicyclic) bond motifs is 2. The van der Waals surface area contributed by atoms with E-state index in [1.807, 2.05) is 17.1 Å². The lowest BCUT2D eigenvalue weighted by molar-refractivity contribution is 0.199. The highest BCUT2D eigenvalue weighted by Crippen LogP contribution is 2.28. The van der Waals surface area contributed by atoms with Crippen LogP contribution in [0.2, 0.25) is 0 Å². The van der Waals surface area contributed by atoms with Gasteiger partial charge in [-0.2, -0.15) is 5.10 Å². The Labute approximate surface area is 177 Å². The van der Waals surface area contributed by atoms with Crippen LogP contribution in [0.1, 0.15) is 55.9 Å². The molecule has 3 aromatic heterocycles. The van der Waals surface area contributed by atoms with Crippen LogP contribution in [0.3, 0.4) is 0 Å². The van der Waals surface area contributed by atoms with Crippen LogP contribution < -0.4 is 5.32 Å². The molecule has 2 aliphatic heterocycles. The molecule has 1 fully saturated rings. The Morgan fingerprint density at radius 1 is 1.14 bits per heavy atom. The van der Waals surface area contributed by atoms with E-state index in [4.69, 9.17) is 0 Å². The molecule has 0 spiro atoms. The van der Waals surface area contributed by atoms with Gasteiger partial charge in [0.1, 0.15) is 11.6 Å². The van der Waals surface area contributed by atoms with Crippen molar-refractivity contribution in [3.05, 3.63) is 35.7 Å². The predicted octanol–water partition coefficient (Wildman–Crippen LogP) is 2.51. The van der Waals surface area contributed by atoms with Crippen LogP contribution in [0.15, 0.2) is 18.5 Å². The first kappa shape index (κ1) is 20.3. The minimum atomic E-state index is 0. The summed E-state index contributed by atoms with van der Waals surface area (Å²) in [6.07, 6.45) is 6.23. The quantitative estimate of drug-likeness (QED) is 0.704. The average molecular weight is 417 g/mol. The van der Waals surface area contributed by atoms with Crippen molar-refractivity contribution in [2.45, 2.75) is 58.3 Å². The monoisotopic (exact) mass is 416 g/mol. The molecule has 156 valence electrons. The molecule has 29 heavy (non-hydrogen) atoms. The molecule has 0 atom stereocenters. The molecule has 5 rings (SSSR count). The summed E-state index contributed by atoms with van der Waals surface area (Å²) < 4.78 is 4.32. The number of hydrogen-bond donors (Lipinski definition) is 1. The Morgan fingerprint density at radius 2 is 1.97 bits per heavy atom.